The predicted octanol–water partition coefficient (Wildman–Crippen LogP) is 11.6. The van der Waals surface area contributed by atoms with Gasteiger partial charge in [-0.15, -0.1) is 0 Å². The lowest BCUT2D eigenvalue weighted by molar-refractivity contribution is -0.240. The lowest BCUT2D eigenvalue weighted by atomic mass is 9.77. The number of aldehydes is 1. The monoisotopic (exact) mass is 1120 g/mol. The molecule has 1 N–H and O–H groups in total. The van der Waals surface area contributed by atoms with E-state index in [0.717, 1.165) is 56.0 Å². The summed E-state index contributed by atoms with van der Waals surface area (Å²) in [5.74, 6) is -0.0421. The van der Waals surface area contributed by atoms with Gasteiger partial charge in [0, 0.05) is 32.3 Å². The Kier molecular flexibility index (Phi) is 20.7. The maximum absolute atomic E-state index is 15.4. The highest BCUT2D eigenvalue weighted by Crippen LogP contribution is 2.47. The van der Waals surface area contributed by atoms with Crippen LogP contribution in [0.4, 0.5) is 0 Å². The molecule has 19 atom stereocenters. The van der Waals surface area contributed by atoms with Gasteiger partial charge in [0.25, 0.3) is 0 Å². The summed E-state index contributed by atoms with van der Waals surface area (Å²) in [7, 11) is -4.67. The summed E-state index contributed by atoms with van der Waals surface area (Å²) in [6.07, 6.45) is 6.24. The van der Waals surface area contributed by atoms with Crippen LogP contribution >= 0.6 is 22.6 Å². The normalized spacial score (nSPS) is 36.2. The van der Waals surface area contributed by atoms with Crippen molar-refractivity contribution in [3.05, 3.63) is 64.8 Å². The molecule has 0 amide bonds. The van der Waals surface area contributed by atoms with E-state index in [1.165, 1.54) is 0 Å². The largest absolute Gasteiger partial charge is 0.408 e. The smallest absolute Gasteiger partial charge is 0.193 e. The zero-order valence-electron chi connectivity index (χ0n) is 44.3. The number of hydrogen-bond donors (Lipinski definition) is 1. The fourth-order valence-corrected chi connectivity index (χ4v) is 15.6. The van der Waals surface area contributed by atoms with Gasteiger partial charge in [0.15, 0.2) is 18.2 Å². The zero-order chi connectivity index (χ0) is 51.3. The molecule has 5 aliphatic rings. The van der Waals surface area contributed by atoms with Crippen LogP contribution in [-0.2, 0) is 47.5 Å². The van der Waals surface area contributed by atoms with Gasteiger partial charge in [-0.2, -0.15) is 0 Å². The van der Waals surface area contributed by atoms with Crippen molar-refractivity contribution in [2.75, 3.05) is 7.11 Å². The lowest BCUT2D eigenvalue weighted by Crippen LogP contribution is -2.59. The fraction of sp³-hybridized carbons (Fsp3) is 0.768. The number of carbonyl (C=O) groups excluding carboxylic acids is 1. The third-order valence-electron chi connectivity index (χ3n) is 17.5. The molecule has 5 aliphatic heterocycles. The van der Waals surface area contributed by atoms with Crippen molar-refractivity contribution in [3.8, 4) is 0 Å². The molecule has 11 nitrogen and oxygen atoms in total. The predicted molar refractivity (Wildman–Crippen MR) is 288 cm³/mol. The summed E-state index contributed by atoms with van der Waals surface area (Å²) in [6, 6.07) is 8.53. The van der Waals surface area contributed by atoms with E-state index >= 15 is 8.42 Å². The highest BCUT2D eigenvalue weighted by molar-refractivity contribution is 14.1. The minimum Gasteiger partial charge on any atom is -0.408 e. The molecule has 5 saturated heterocycles. The number of ether oxygens (including phenoxy) is 6. The van der Waals surface area contributed by atoms with E-state index in [-0.39, 0.29) is 76.8 Å². The second-order valence-electron chi connectivity index (χ2n) is 23.3. The van der Waals surface area contributed by atoms with Gasteiger partial charge in [-0.05, 0) is 127 Å². The van der Waals surface area contributed by atoms with Gasteiger partial charge in [0.05, 0.1) is 89.5 Å². The summed E-state index contributed by atoms with van der Waals surface area (Å²) in [5, 5.41) is 11.6. The molecule has 5 fully saturated rings. The number of benzene rings is 1. The molecule has 0 saturated carbocycles. The molecular formula is C56H89IO11SSi. The van der Waals surface area contributed by atoms with Crippen LogP contribution in [-0.4, -0.2) is 120 Å². The molecule has 6 rings (SSSR count). The molecule has 7 unspecified atom stereocenters. The SMILES string of the molecule is C=C1C[C@H](CCC=O)OC1CC[C@H]1C[C@@H](C)C(=C)C(C[C@@H]2O[C@H](C[C@H](C)CC)[C@H](OC)[C@H]2C(C(O)CC2CCC3O[C@@H]([C@H](/C=C/I)O[Si](C)(C)C(C)(C)C)[C@@H](C)[C@@H](C)C3O2)S(=O)(=O)c2ccccc2)O1. The van der Waals surface area contributed by atoms with Crippen LogP contribution < -0.4 is 0 Å². The summed E-state index contributed by atoms with van der Waals surface area (Å²) >= 11 is 2.27. The summed E-state index contributed by atoms with van der Waals surface area (Å²) < 4.78 is 80.5. The van der Waals surface area contributed by atoms with Crippen molar-refractivity contribution in [3.63, 3.8) is 0 Å². The van der Waals surface area contributed by atoms with Crippen molar-refractivity contribution < 1.29 is 51.2 Å². The van der Waals surface area contributed by atoms with Crippen LogP contribution in [0.25, 0.3) is 0 Å². The molecule has 0 aliphatic carbocycles. The molecular weight excluding hydrogens is 1040 g/mol. The minimum absolute atomic E-state index is 0.0161. The first-order valence-corrected chi connectivity index (χ1v) is 32.3. The lowest BCUT2D eigenvalue weighted by Gasteiger charge is -2.51. The number of halogens is 1. The zero-order valence-corrected chi connectivity index (χ0v) is 48.3. The summed E-state index contributed by atoms with van der Waals surface area (Å²) in [4.78, 5) is 11.2. The first-order chi connectivity index (χ1) is 33.0. The van der Waals surface area contributed by atoms with Crippen molar-refractivity contribution in [2.24, 2.45) is 29.6 Å². The van der Waals surface area contributed by atoms with Gasteiger partial charge >= 0.3 is 0 Å². The average Bonchev–Trinajstić information content (AvgIpc) is 3.84. The van der Waals surface area contributed by atoms with E-state index in [0.29, 0.717) is 38.0 Å². The standard InChI is InChI=1S/C56H89IO11SSi/c1-14-34(2)29-50-54(62-11)51(49(66-50)33-48-37(5)35(3)30-41(64-48)22-24-45-36(4)31-40(63-45)19-18-28-58)55(69(60,61)43-20-16-15-17-21-43)44(59)32-42-23-25-46-52(65-42)38(6)39(7)53(67-46)47(26-27-57)68-70(12,13)56(8,9)10/h15-17,20-21,26-28,34-35,38-42,44-55,59H,4-5,14,18-19,22-25,29-33H2,1-3,6-13H3/b27-26+/t34-,35-,38-,39+,40+,41+,42?,44?,45?,46?,47+,48?,49+,50-,51+,52?,53-,54+,55?/m1/s1. The Hall–Kier alpha value is -1.31. The third-order valence-corrected chi connectivity index (χ3v) is 24.6. The van der Waals surface area contributed by atoms with E-state index in [2.05, 4.69) is 110 Å². The first kappa shape index (κ1) is 58.0. The second kappa shape index (κ2) is 25.0. The van der Waals surface area contributed by atoms with E-state index in [9.17, 15) is 9.90 Å². The van der Waals surface area contributed by atoms with Crippen LogP contribution in [0.3, 0.4) is 0 Å². The number of carbonyl (C=O) groups is 1. The summed E-state index contributed by atoms with van der Waals surface area (Å²) in [5.41, 5.74) is 2.03. The Morgan fingerprint density at radius 2 is 1.61 bits per heavy atom. The first-order valence-electron chi connectivity index (χ1n) is 26.6. The average molecular weight is 1130 g/mol. The molecule has 0 bridgehead atoms. The number of hydrogen-bond acceptors (Lipinski definition) is 11. The highest BCUT2D eigenvalue weighted by atomic mass is 127. The van der Waals surface area contributed by atoms with Crippen LogP contribution in [0.5, 0.6) is 0 Å². The van der Waals surface area contributed by atoms with E-state index < -0.39 is 65.9 Å². The number of rotatable bonds is 22. The Morgan fingerprint density at radius 3 is 2.26 bits per heavy atom. The van der Waals surface area contributed by atoms with Gasteiger partial charge < -0.3 is 42.7 Å². The quantitative estimate of drug-likeness (QED) is 0.0514. The fourth-order valence-electron chi connectivity index (χ4n) is 11.8. The van der Waals surface area contributed by atoms with Gasteiger partial charge in [-0.1, -0.05) is 116 Å². The molecule has 70 heavy (non-hydrogen) atoms. The number of aliphatic hydroxyl groups excluding tert-OH is 1. The van der Waals surface area contributed by atoms with Crippen LogP contribution in [0.15, 0.2) is 69.7 Å². The van der Waals surface area contributed by atoms with Crippen molar-refractivity contribution in [1.82, 2.24) is 0 Å². The number of sulfone groups is 1. The Morgan fingerprint density at radius 1 is 0.914 bits per heavy atom. The van der Waals surface area contributed by atoms with Gasteiger partial charge in [0.1, 0.15) is 6.29 Å². The van der Waals surface area contributed by atoms with Crippen LogP contribution in [0, 0.1) is 29.6 Å². The minimum atomic E-state index is -4.18. The maximum Gasteiger partial charge on any atom is 0.193 e. The van der Waals surface area contributed by atoms with Gasteiger partial charge in [-0.25, -0.2) is 8.42 Å². The number of methoxy groups -OCH3 is 1. The molecule has 5 heterocycles. The topological polar surface area (TPSA) is 136 Å². The van der Waals surface area contributed by atoms with Crippen LogP contribution in [0.2, 0.25) is 18.1 Å². The Labute approximate surface area is 437 Å². The maximum atomic E-state index is 15.4. The number of fused-ring (bicyclic) bond motifs is 1. The molecule has 0 radical (unpaired) electrons. The molecule has 1 aromatic rings. The molecule has 396 valence electrons. The molecule has 1 aromatic carbocycles. The van der Waals surface area contributed by atoms with E-state index in [4.69, 9.17) is 32.8 Å². The number of aliphatic hydroxyl groups is 1. The molecule has 14 heteroatoms. The summed E-state index contributed by atoms with van der Waals surface area (Å²) in [6.45, 7) is 31.2. The highest BCUT2D eigenvalue weighted by Gasteiger charge is 2.57. The van der Waals surface area contributed by atoms with Crippen molar-refractivity contribution >= 4 is 47.0 Å². The van der Waals surface area contributed by atoms with Gasteiger partial charge in [-0.3, -0.25) is 0 Å². The molecule has 0 spiro atoms. The molecule has 0 aromatic heterocycles. The Bertz CT molecular complexity index is 2010. The van der Waals surface area contributed by atoms with Gasteiger partial charge in [0.2, 0.25) is 0 Å². The second-order valence-corrected chi connectivity index (χ2v) is 30.9. The van der Waals surface area contributed by atoms with E-state index in [1.807, 2.05) is 10.1 Å². The van der Waals surface area contributed by atoms with E-state index in [1.54, 1.807) is 31.4 Å². The Balaban J connectivity index is 1.25. The third kappa shape index (κ3) is 13.6. The van der Waals surface area contributed by atoms with Crippen molar-refractivity contribution in [2.45, 2.75) is 240 Å². The van der Waals surface area contributed by atoms with Crippen LogP contribution in [0.1, 0.15) is 132 Å². The van der Waals surface area contributed by atoms with Crippen molar-refractivity contribution in [1.29, 1.82) is 0 Å².